The van der Waals surface area contributed by atoms with Crippen molar-refractivity contribution in [1.82, 2.24) is 19.9 Å². The monoisotopic (exact) mass is 475 g/mol. The highest BCUT2D eigenvalue weighted by molar-refractivity contribution is 6.00. The maximum absolute atomic E-state index is 13.2. The molecule has 0 saturated carbocycles. The van der Waals surface area contributed by atoms with Crippen molar-refractivity contribution in [2.24, 2.45) is 5.92 Å². The number of anilines is 4. The second-order valence-corrected chi connectivity index (χ2v) is 8.80. The molecule has 4 heterocycles. The normalized spacial score (nSPS) is 18.2. The average molecular weight is 476 g/mol. The molecule has 0 spiro atoms. The lowest BCUT2D eigenvalue weighted by molar-refractivity contribution is -0.136. The van der Waals surface area contributed by atoms with E-state index in [1.54, 1.807) is 23.2 Å². The zero-order valence-electron chi connectivity index (χ0n) is 19.4. The Bertz CT molecular complexity index is 1230. The number of carbonyl (C=O) groups is 2. The quantitative estimate of drug-likeness (QED) is 0.606. The van der Waals surface area contributed by atoms with Crippen LogP contribution in [0.5, 0.6) is 0 Å². The first kappa shape index (κ1) is 22.7. The molecule has 9 nitrogen and oxygen atoms in total. The predicted octanol–water partition coefficient (Wildman–Crippen LogP) is 2.76. The fourth-order valence-corrected chi connectivity index (χ4v) is 4.48. The third-order valence-electron chi connectivity index (χ3n) is 6.35. The fourth-order valence-electron chi connectivity index (χ4n) is 4.48. The SMILES string of the molecule is Cc1ccnc(Nc2cc(N3CCN(C(=O)C4CC(=O)N(c5ccc(F)cc5)C4)CC3)ncn2)c1. The third kappa shape index (κ3) is 5.06. The lowest BCUT2D eigenvalue weighted by Crippen LogP contribution is -2.51. The average Bonchev–Trinajstić information content (AvgIpc) is 3.26. The number of nitrogens with zero attached hydrogens (tertiary/aromatic N) is 6. The third-order valence-corrected chi connectivity index (χ3v) is 6.35. The highest BCUT2D eigenvalue weighted by Crippen LogP contribution is 2.27. The van der Waals surface area contributed by atoms with Crippen molar-refractivity contribution in [3.63, 3.8) is 0 Å². The van der Waals surface area contributed by atoms with Crippen LogP contribution in [0.15, 0.2) is 55.0 Å². The van der Waals surface area contributed by atoms with Gasteiger partial charge in [-0.3, -0.25) is 9.59 Å². The molecule has 0 bridgehead atoms. The van der Waals surface area contributed by atoms with Gasteiger partial charge >= 0.3 is 0 Å². The van der Waals surface area contributed by atoms with Crippen LogP contribution in [-0.4, -0.2) is 64.4 Å². The summed E-state index contributed by atoms with van der Waals surface area (Å²) in [4.78, 5) is 44.1. The molecule has 2 amide bonds. The molecule has 2 fully saturated rings. The molecule has 3 aromatic rings. The Hall–Kier alpha value is -4.08. The van der Waals surface area contributed by atoms with Crippen molar-refractivity contribution in [2.75, 3.05) is 47.8 Å². The number of pyridine rings is 1. The van der Waals surface area contributed by atoms with Crippen LogP contribution in [0, 0.1) is 18.7 Å². The molecular weight excluding hydrogens is 449 g/mol. The minimum absolute atomic E-state index is 0.0156. The van der Waals surface area contributed by atoms with Crippen LogP contribution in [0.4, 0.5) is 27.5 Å². The Morgan fingerprint density at radius 1 is 1.00 bits per heavy atom. The molecule has 2 saturated heterocycles. The summed E-state index contributed by atoms with van der Waals surface area (Å²) in [6, 6.07) is 11.5. The first-order valence-electron chi connectivity index (χ1n) is 11.6. The van der Waals surface area contributed by atoms with E-state index in [2.05, 4.69) is 25.2 Å². The number of benzene rings is 1. The lowest BCUT2D eigenvalue weighted by Gasteiger charge is -2.36. The topological polar surface area (TPSA) is 94.6 Å². The second-order valence-electron chi connectivity index (χ2n) is 8.80. The van der Waals surface area contributed by atoms with E-state index in [1.807, 2.05) is 30.0 Å². The molecule has 1 unspecified atom stereocenters. The summed E-state index contributed by atoms with van der Waals surface area (Å²) in [6.45, 7) is 4.68. The highest BCUT2D eigenvalue weighted by atomic mass is 19.1. The lowest BCUT2D eigenvalue weighted by atomic mass is 10.1. The van der Waals surface area contributed by atoms with Gasteiger partial charge in [0.05, 0.1) is 5.92 Å². The Balaban J connectivity index is 1.18. The number of aryl methyl sites for hydroxylation is 1. The van der Waals surface area contributed by atoms with Crippen molar-refractivity contribution < 1.29 is 14.0 Å². The molecule has 2 aliphatic heterocycles. The van der Waals surface area contributed by atoms with Gasteiger partial charge in [0.15, 0.2) is 0 Å². The van der Waals surface area contributed by atoms with Gasteiger partial charge < -0.3 is 20.0 Å². The molecule has 2 aliphatic rings. The van der Waals surface area contributed by atoms with E-state index in [4.69, 9.17) is 0 Å². The van der Waals surface area contributed by atoms with Crippen LogP contribution in [-0.2, 0) is 9.59 Å². The molecule has 1 atom stereocenters. The molecule has 0 radical (unpaired) electrons. The highest BCUT2D eigenvalue weighted by Gasteiger charge is 2.38. The smallest absolute Gasteiger partial charge is 0.228 e. The summed E-state index contributed by atoms with van der Waals surface area (Å²) >= 11 is 0. The number of nitrogens with one attached hydrogen (secondary N) is 1. The van der Waals surface area contributed by atoms with Gasteiger partial charge in [-0.25, -0.2) is 19.3 Å². The van der Waals surface area contributed by atoms with Crippen LogP contribution >= 0.6 is 0 Å². The van der Waals surface area contributed by atoms with Crippen LogP contribution < -0.4 is 15.1 Å². The van der Waals surface area contributed by atoms with E-state index in [0.717, 1.165) is 11.4 Å². The van der Waals surface area contributed by atoms with Gasteiger partial charge in [-0.05, 0) is 48.9 Å². The molecule has 180 valence electrons. The maximum Gasteiger partial charge on any atom is 0.228 e. The van der Waals surface area contributed by atoms with Crippen LogP contribution in [0.2, 0.25) is 0 Å². The summed E-state index contributed by atoms with van der Waals surface area (Å²) in [5.41, 5.74) is 1.72. The van der Waals surface area contributed by atoms with Crippen molar-refractivity contribution in [3.8, 4) is 0 Å². The van der Waals surface area contributed by atoms with Crippen LogP contribution in [0.1, 0.15) is 12.0 Å². The van der Waals surface area contributed by atoms with Crippen LogP contribution in [0.3, 0.4) is 0 Å². The van der Waals surface area contributed by atoms with Gasteiger partial charge in [-0.1, -0.05) is 0 Å². The molecule has 1 aromatic carbocycles. The van der Waals surface area contributed by atoms with Gasteiger partial charge in [-0.15, -0.1) is 0 Å². The summed E-state index contributed by atoms with van der Waals surface area (Å²) in [5, 5.41) is 3.20. The summed E-state index contributed by atoms with van der Waals surface area (Å²) < 4.78 is 13.2. The van der Waals surface area contributed by atoms with Crippen molar-refractivity contribution >= 4 is 35.0 Å². The number of aromatic nitrogens is 3. The first-order chi connectivity index (χ1) is 17.0. The van der Waals surface area contributed by atoms with E-state index < -0.39 is 5.92 Å². The molecule has 5 rings (SSSR count). The number of hydrogen-bond acceptors (Lipinski definition) is 7. The second kappa shape index (κ2) is 9.65. The van der Waals surface area contributed by atoms with Gasteiger partial charge in [0, 0.05) is 57.1 Å². The van der Waals surface area contributed by atoms with E-state index in [-0.39, 0.29) is 24.1 Å². The van der Waals surface area contributed by atoms with E-state index in [9.17, 15) is 14.0 Å². The number of piperazine rings is 1. The standard InChI is InChI=1S/C25H26FN7O2/c1-17-6-7-27-21(12-17)30-22-14-23(29-16-28-22)31-8-10-32(11-9-31)25(35)18-13-24(34)33(15-18)20-4-2-19(26)3-5-20/h2-7,12,14,16,18H,8-11,13,15H2,1H3,(H,27,28,29,30). The largest absolute Gasteiger partial charge is 0.353 e. The van der Waals surface area contributed by atoms with Crippen molar-refractivity contribution in [2.45, 2.75) is 13.3 Å². The van der Waals surface area contributed by atoms with E-state index in [0.29, 0.717) is 50.0 Å². The van der Waals surface area contributed by atoms with Gasteiger partial charge in [0.25, 0.3) is 0 Å². The number of rotatable bonds is 5. The van der Waals surface area contributed by atoms with Crippen molar-refractivity contribution in [3.05, 3.63) is 66.4 Å². The minimum Gasteiger partial charge on any atom is -0.353 e. The van der Waals surface area contributed by atoms with E-state index in [1.165, 1.54) is 18.5 Å². The number of halogens is 1. The Morgan fingerprint density at radius 2 is 1.74 bits per heavy atom. The van der Waals surface area contributed by atoms with Crippen molar-refractivity contribution in [1.29, 1.82) is 0 Å². The molecule has 1 N–H and O–H groups in total. The zero-order chi connectivity index (χ0) is 24.4. The Kier molecular flexibility index (Phi) is 6.26. The predicted molar refractivity (Wildman–Crippen MR) is 130 cm³/mol. The summed E-state index contributed by atoms with van der Waals surface area (Å²) in [5.74, 6) is 1.26. The van der Waals surface area contributed by atoms with E-state index >= 15 is 0 Å². The summed E-state index contributed by atoms with van der Waals surface area (Å²) in [7, 11) is 0. The van der Waals surface area contributed by atoms with Gasteiger partial charge in [0.1, 0.15) is 29.6 Å². The zero-order valence-corrected chi connectivity index (χ0v) is 19.4. The summed E-state index contributed by atoms with van der Waals surface area (Å²) in [6.07, 6.45) is 3.43. The molecule has 10 heteroatoms. The Morgan fingerprint density at radius 3 is 2.49 bits per heavy atom. The van der Waals surface area contributed by atoms with Gasteiger partial charge in [-0.2, -0.15) is 0 Å². The Labute approximate surface area is 202 Å². The fraction of sp³-hybridized carbons (Fsp3) is 0.320. The maximum atomic E-state index is 13.2. The van der Waals surface area contributed by atoms with Gasteiger partial charge in [0.2, 0.25) is 11.8 Å². The number of carbonyl (C=O) groups excluding carboxylic acids is 2. The number of amides is 2. The molecule has 0 aliphatic carbocycles. The molecule has 35 heavy (non-hydrogen) atoms. The number of hydrogen-bond donors (Lipinski definition) is 1. The van der Waals surface area contributed by atoms with Crippen LogP contribution in [0.25, 0.3) is 0 Å². The molecule has 2 aromatic heterocycles. The minimum atomic E-state index is -0.393. The first-order valence-corrected chi connectivity index (χ1v) is 11.6. The molecular formula is C25H26FN7O2.